The summed E-state index contributed by atoms with van der Waals surface area (Å²) < 4.78 is 4.15. The van der Waals surface area contributed by atoms with Gasteiger partial charge in [0.2, 0.25) is 5.66 Å². The van der Waals surface area contributed by atoms with Crippen molar-refractivity contribution in [2.24, 2.45) is 12.2 Å². The van der Waals surface area contributed by atoms with Crippen molar-refractivity contribution < 1.29 is 4.84 Å². The van der Waals surface area contributed by atoms with Crippen LogP contribution in [0.1, 0.15) is 17.2 Å². The van der Waals surface area contributed by atoms with Crippen molar-refractivity contribution in [1.82, 2.24) is 13.9 Å². The summed E-state index contributed by atoms with van der Waals surface area (Å²) in [5.41, 5.74) is 0.850. The van der Waals surface area contributed by atoms with E-state index in [9.17, 15) is 9.59 Å². The molecule has 0 saturated carbocycles. The number of allylic oxidation sites excluding steroid dienone is 2. The maximum absolute atomic E-state index is 13.4. The van der Waals surface area contributed by atoms with E-state index in [1.807, 2.05) is 90.7 Å². The molecule has 3 aromatic rings. The predicted molar refractivity (Wildman–Crippen MR) is 121 cm³/mol. The molecule has 0 unspecified atom stereocenters. The first-order valence-electron chi connectivity index (χ1n) is 10.5. The molecule has 8 heteroatoms. The minimum atomic E-state index is -1.15. The summed E-state index contributed by atoms with van der Waals surface area (Å²) in [6.45, 7) is 2.02. The molecule has 1 aliphatic carbocycles. The minimum absolute atomic E-state index is 0.373. The standard InChI is InChI=1S/C24H21N5O3/c1-16-8-10-18(11-9-16)27-21(17-6-4-3-5-7-17)25-32-20-13-12-19-14-15-24(20,27)29-23(31)26(2)22(30)28(19)29/h3-15,19-20H,1-2H3/t19-,20-,24-/m1/s1. The summed E-state index contributed by atoms with van der Waals surface area (Å²) in [7, 11) is 1.50. The Labute approximate surface area is 183 Å². The number of amidine groups is 1. The predicted octanol–water partition coefficient (Wildman–Crippen LogP) is 2.26. The zero-order valence-corrected chi connectivity index (χ0v) is 17.6. The Bertz CT molecular complexity index is 1430. The lowest BCUT2D eigenvalue weighted by molar-refractivity contribution is -0.00102. The van der Waals surface area contributed by atoms with Gasteiger partial charge in [0.15, 0.2) is 11.9 Å². The number of aryl methyl sites for hydroxylation is 1. The van der Waals surface area contributed by atoms with Crippen molar-refractivity contribution in [3.05, 3.63) is 111 Å². The van der Waals surface area contributed by atoms with Crippen LogP contribution in [0, 0.1) is 6.92 Å². The van der Waals surface area contributed by atoms with Crippen molar-refractivity contribution in [2.75, 3.05) is 4.90 Å². The normalized spacial score (nSPS) is 25.1. The van der Waals surface area contributed by atoms with E-state index >= 15 is 0 Å². The first kappa shape index (κ1) is 18.7. The van der Waals surface area contributed by atoms with E-state index in [1.165, 1.54) is 16.4 Å². The van der Waals surface area contributed by atoms with Crippen LogP contribution in [0.4, 0.5) is 5.69 Å². The maximum atomic E-state index is 13.4. The van der Waals surface area contributed by atoms with Gasteiger partial charge in [-0.25, -0.2) is 18.8 Å². The molecule has 1 aromatic heterocycles. The zero-order chi connectivity index (χ0) is 22.0. The van der Waals surface area contributed by atoms with E-state index in [1.54, 1.807) is 0 Å². The number of anilines is 1. The quantitative estimate of drug-likeness (QED) is 0.588. The van der Waals surface area contributed by atoms with Crippen LogP contribution in [-0.4, -0.2) is 25.9 Å². The lowest BCUT2D eigenvalue weighted by Gasteiger charge is -2.49. The Morgan fingerprint density at radius 2 is 1.69 bits per heavy atom. The summed E-state index contributed by atoms with van der Waals surface area (Å²) >= 11 is 0. The molecule has 4 aliphatic rings. The lowest BCUT2D eigenvalue weighted by atomic mass is 9.96. The van der Waals surface area contributed by atoms with Crippen LogP contribution >= 0.6 is 0 Å². The first-order valence-corrected chi connectivity index (χ1v) is 10.5. The van der Waals surface area contributed by atoms with Crippen molar-refractivity contribution >= 4 is 11.5 Å². The van der Waals surface area contributed by atoms with Gasteiger partial charge in [-0.3, -0.25) is 4.90 Å². The first-order chi connectivity index (χ1) is 15.5. The molecule has 2 bridgehead atoms. The second kappa shape index (κ2) is 6.46. The highest BCUT2D eigenvalue weighted by Crippen LogP contribution is 2.43. The Morgan fingerprint density at radius 3 is 2.44 bits per heavy atom. The highest BCUT2D eigenvalue weighted by atomic mass is 16.6. The highest BCUT2D eigenvalue weighted by Gasteiger charge is 2.56. The summed E-state index contributed by atoms with van der Waals surface area (Å²) in [5, 5.41) is 4.50. The van der Waals surface area contributed by atoms with Gasteiger partial charge in [-0.2, -0.15) is 4.68 Å². The van der Waals surface area contributed by atoms with Crippen LogP contribution in [-0.2, 0) is 17.5 Å². The molecule has 0 N–H and O–H groups in total. The van der Waals surface area contributed by atoms with Gasteiger partial charge in [0.25, 0.3) is 0 Å². The molecule has 2 aromatic carbocycles. The molecule has 0 amide bonds. The van der Waals surface area contributed by atoms with Crippen molar-refractivity contribution in [2.45, 2.75) is 24.7 Å². The molecule has 0 radical (unpaired) electrons. The molecule has 1 spiro atoms. The molecule has 160 valence electrons. The average Bonchev–Trinajstić information content (AvgIpc) is 2.98. The van der Waals surface area contributed by atoms with Crippen molar-refractivity contribution in [3.8, 4) is 0 Å². The average molecular weight is 427 g/mol. The van der Waals surface area contributed by atoms with E-state index in [0.29, 0.717) is 5.84 Å². The zero-order valence-electron chi connectivity index (χ0n) is 17.6. The lowest BCUT2D eigenvalue weighted by Crippen LogP contribution is -2.66. The van der Waals surface area contributed by atoms with Crippen LogP contribution in [0.25, 0.3) is 0 Å². The van der Waals surface area contributed by atoms with E-state index in [0.717, 1.165) is 21.4 Å². The third-order valence-electron chi connectivity index (χ3n) is 6.38. The number of hydrogen-bond donors (Lipinski definition) is 0. The topological polar surface area (TPSA) is 73.8 Å². The second-order valence-corrected chi connectivity index (χ2v) is 8.28. The molecule has 32 heavy (non-hydrogen) atoms. The monoisotopic (exact) mass is 427 g/mol. The summed E-state index contributed by atoms with van der Waals surface area (Å²) in [6, 6.07) is 17.3. The van der Waals surface area contributed by atoms with Crippen molar-refractivity contribution in [1.29, 1.82) is 0 Å². The Morgan fingerprint density at radius 1 is 0.938 bits per heavy atom. The molecule has 4 heterocycles. The van der Waals surface area contributed by atoms with Crippen LogP contribution in [0.3, 0.4) is 0 Å². The fourth-order valence-corrected chi connectivity index (χ4v) is 4.77. The van der Waals surface area contributed by atoms with Crippen molar-refractivity contribution in [3.63, 3.8) is 0 Å². The Balaban J connectivity index is 1.72. The van der Waals surface area contributed by atoms with Gasteiger partial charge in [0.05, 0.1) is 6.04 Å². The fourth-order valence-electron chi connectivity index (χ4n) is 4.77. The van der Waals surface area contributed by atoms with Gasteiger partial charge in [-0.15, -0.1) is 0 Å². The third kappa shape index (κ3) is 2.29. The summed E-state index contributed by atoms with van der Waals surface area (Å²) in [6.07, 6.45) is 7.04. The van der Waals surface area contributed by atoms with Gasteiger partial charge in [0.1, 0.15) is 0 Å². The Hall–Kier alpha value is -4.07. The molecular weight excluding hydrogens is 406 g/mol. The van der Waals surface area contributed by atoms with E-state index in [2.05, 4.69) is 5.16 Å². The number of aromatic nitrogens is 3. The molecule has 7 rings (SSSR count). The molecular formula is C24H21N5O3. The van der Waals surface area contributed by atoms with Gasteiger partial charge in [-0.1, -0.05) is 65.3 Å². The van der Waals surface area contributed by atoms with Gasteiger partial charge in [-0.05, 0) is 31.2 Å². The SMILES string of the molecule is Cc1ccc(N2C(c3ccccc3)=NO[C@@H]3C=C[C@@H]4C=C[C@@]32n2c(=O)n(C)c(=O)n24)cc1. The second-order valence-electron chi connectivity index (χ2n) is 8.28. The van der Waals surface area contributed by atoms with E-state index < -0.39 is 17.5 Å². The number of hydrogen-bond acceptors (Lipinski definition) is 5. The Kier molecular flexibility index (Phi) is 3.77. The van der Waals surface area contributed by atoms with Gasteiger partial charge >= 0.3 is 11.4 Å². The maximum Gasteiger partial charge on any atom is 0.349 e. The largest absolute Gasteiger partial charge is 0.381 e. The van der Waals surface area contributed by atoms with E-state index in [4.69, 9.17) is 4.84 Å². The molecule has 0 saturated heterocycles. The minimum Gasteiger partial charge on any atom is -0.381 e. The highest BCUT2D eigenvalue weighted by molar-refractivity contribution is 6.11. The summed E-state index contributed by atoms with van der Waals surface area (Å²) in [5.74, 6) is 0.554. The number of nitrogens with zero attached hydrogens (tertiary/aromatic N) is 5. The van der Waals surface area contributed by atoms with Gasteiger partial charge < -0.3 is 4.84 Å². The molecule has 3 aliphatic heterocycles. The molecule has 8 nitrogen and oxygen atoms in total. The number of benzene rings is 2. The van der Waals surface area contributed by atoms with Crippen LogP contribution in [0.15, 0.2) is 93.6 Å². The summed E-state index contributed by atoms with van der Waals surface area (Å²) in [4.78, 5) is 34.5. The molecule has 0 fully saturated rings. The number of oxime groups is 1. The van der Waals surface area contributed by atoms with Crippen LogP contribution < -0.4 is 16.3 Å². The van der Waals surface area contributed by atoms with E-state index in [-0.39, 0.29) is 11.7 Å². The fraction of sp³-hybridized carbons (Fsp3) is 0.208. The third-order valence-corrected chi connectivity index (χ3v) is 6.38. The smallest absolute Gasteiger partial charge is 0.349 e. The molecule has 3 atom stereocenters. The number of rotatable bonds is 2. The van der Waals surface area contributed by atoms with Crippen LogP contribution in [0.2, 0.25) is 0 Å². The van der Waals surface area contributed by atoms with Crippen LogP contribution in [0.5, 0.6) is 0 Å². The van der Waals surface area contributed by atoms with Gasteiger partial charge in [0, 0.05) is 18.3 Å².